The predicted octanol–water partition coefficient (Wildman–Crippen LogP) is 1.38. The molecule has 1 aromatic rings. The van der Waals surface area contributed by atoms with Crippen LogP contribution in [0, 0.1) is 0 Å². The molecule has 0 aliphatic carbocycles. The van der Waals surface area contributed by atoms with Crippen LogP contribution in [0.3, 0.4) is 0 Å². The molecule has 6 heteroatoms. The number of nitrogens with one attached hydrogen (secondary N) is 1. The zero-order valence-corrected chi connectivity index (χ0v) is 12.0. The van der Waals surface area contributed by atoms with E-state index in [4.69, 9.17) is 0 Å². The van der Waals surface area contributed by atoms with E-state index in [9.17, 15) is 13.5 Å². The Bertz CT molecular complexity index is 556. The van der Waals surface area contributed by atoms with Gasteiger partial charge in [0.25, 0.3) is 0 Å². The highest BCUT2D eigenvalue weighted by atomic mass is 79.9. The van der Waals surface area contributed by atoms with E-state index < -0.39 is 15.9 Å². The number of hydrogen-bond donors (Lipinski definition) is 2. The molecule has 18 heavy (non-hydrogen) atoms. The zero-order valence-electron chi connectivity index (χ0n) is 9.58. The molecule has 0 saturated heterocycles. The van der Waals surface area contributed by atoms with E-state index >= 15 is 0 Å². The van der Waals surface area contributed by atoms with Crippen LogP contribution in [0.4, 0.5) is 0 Å². The third kappa shape index (κ3) is 3.65. The summed E-state index contributed by atoms with van der Waals surface area (Å²) in [7, 11) is -3.05. The van der Waals surface area contributed by atoms with Gasteiger partial charge in [0.2, 0.25) is 0 Å². The first-order valence-electron chi connectivity index (χ1n) is 5.54. The van der Waals surface area contributed by atoms with Crippen molar-refractivity contribution >= 4 is 25.8 Å². The molecule has 1 aromatic carbocycles. The SMILES string of the molecule is O=S1(=O)C=CC(NCC(O)c2cccc(Br)c2)C1. The van der Waals surface area contributed by atoms with E-state index in [1.807, 2.05) is 24.3 Å². The van der Waals surface area contributed by atoms with Crippen LogP contribution >= 0.6 is 15.9 Å². The minimum absolute atomic E-state index is 0.0677. The van der Waals surface area contributed by atoms with Crippen LogP contribution in [-0.4, -0.2) is 31.9 Å². The Hall–Kier alpha value is -0.690. The lowest BCUT2D eigenvalue weighted by Crippen LogP contribution is -2.33. The molecule has 1 heterocycles. The van der Waals surface area contributed by atoms with Gasteiger partial charge in [-0.15, -0.1) is 0 Å². The Morgan fingerprint density at radius 1 is 1.50 bits per heavy atom. The summed E-state index contributed by atoms with van der Waals surface area (Å²) >= 11 is 3.34. The number of sulfone groups is 1. The van der Waals surface area contributed by atoms with Crippen LogP contribution in [0.2, 0.25) is 0 Å². The summed E-state index contributed by atoms with van der Waals surface area (Å²) in [6.45, 7) is 0.320. The maximum absolute atomic E-state index is 11.2. The Kier molecular flexibility index (Phi) is 4.21. The number of halogens is 1. The first kappa shape index (κ1) is 13.7. The molecule has 0 saturated carbocycles. The van der Waals surface area contributed by atoms with E-state index in [0.29, 0.717) is 6.54 Å². The lowest BCUT2D eigenvalue weighted by Gasteiger charge is -2.15. The summed E-state index contributed by atoms with van der Waals surface area (Å²) in [5, 5.41) is 14.2. The largest absolute Gasteiger partial charge is 0.387 e. The molecule has 4 nitrogen and oxygen atoms in total. The second-order valence-corrected chi connectivity index (χ2v) is 7.09. The average Bonchev–Trinajstić information content (AvgIpc) is 2.66. The summed E-state index contributed by atoms with van der Waals surface area (Å²) in [4.78, 5) is 0. The van der Waals surface area contributed by atoms with Gasteiger partial charge in [-0.2, -0.15) is 0 Å². The van der Waals surface area contributed by atoms with Crippen molar-refractivity contribution in [2.75, 3.05) is 12.3 Å². The van der Waals surface area contributed by atoms with E-state index in [1.54, 1.807) is 6.08 Å². The van der Waals surface area contributed by atoms with Gasteiger partial charge in [0, 0.05) is 22.5 Å². The fourth-order valence-corrected chi connectivity index (χ4v) is 3.48. The van der Waals surface area contributed by atoms with Crippen LogP contribution < -0.4 is 5.32 Å². The molecule has 1 aliphatic heterocycles. The molecule has 98 valence electrons. The second-order valence-electron chi connectivity index (χ2n) is 4.24. The number of aliphatic hydroxyl groups excluding tert-OH is 1. The highest BCUT2D eigenvalue weighted by Crippen LogP contribution is 2.18. The van der Waals surface area contributed by atoms with Crippen LogP contribution in [0.1, 0.15) is 11.7 Å². The Morgan fingerprint density at radius 2 is 2.28 bits per heavy atom. The van der Waals surface area contributed by atoms with Gasteiger partial charge in [-0.1, -0.05) is 34.1 Å². The summed E-state index contributed by atoms with van der Waals surface area (Å²) in [6, 6.07) is 7.20. The minimum atomic E-state index is -3.05. The standard InChI is InChI=1S/C12H14BrNO3S/c13-10-3-1-2-9(6-10)12(15)7-14-11-4-5-18(16,17)8-11/h1-6,11-12,14-15H,7-8H2. The number of aliphatic hydroxyl groups is 1. The van der Waals surface area contributed by atoms with Gasteiger partial charge >= 0.3 is 0 Å². The van der Waals surface area contributed by atoms with Crippen molar-refractivity contribution in [2.45, 2.75) is 12.1 Å². The second kappa shape index (κ2) is 5.52. The fourth-order valence-electron chi connectivity index (χ4n) is 1.80. The van der Waals surface area contributed by atoms with E-state index in [-0.39, 0.29) is 11.8 Å². The van der Waals surface area contributed by atoms with Crippen molar-refractivity contribution in [3.8, 4) is 0 Å². The molecule has 0 bridgehead atoms. The summed E-state index contributed by atoms with van der Waals surface area (Å²) in [5.41, 5.74) is 0.793. The van der Waals surface area contributed by atoms with E-state index in [0.717, 1.165) is 10.0 Å². The van der Waals surface area contributed by atoms with Gasteiger partial charge in [0.1, 0.15) is 0 Å². The van der Waals surface area contributed by atoms with Gasteiger partial charge < -0.3 is 10.4 Å². The fraction of sp³-hybridized carbons (Fsp3) is 0.333. The molecule has 0 fully saturated rings. The van der Waals surface area contributed by atoms with Gasteiger partial charge in [-0.05, 0) is 17.7 Å². The first-order valence-corrected chi connectivity index (χ1v) is 8.05. The molecule has 2 N–H and O–H groups in total. The minimum Gasteiger partial charge on any atom is -0.387 e. The van der Waals surface area contributed by atoms with Gasteiger partial charge in [-0.3, -0.25) is 0 Å². The van der Waals surface area contributed by atoms with Crippen molar-refractivity contribution in [1.82, 2.24) is 5.32 Å². The van der Waals surface area contributed by atoms with Crippen LogP contribution in [-0.2, 0) is 9.84 Å². The molecule has 0 radical (unpaired) electrons. The highest BCUT2D eigenvalue weighted by molar-refractivity contribution is 9.10. The molecule has 0 spiro atoms. The van der Waals surface area contributed by atoms with E-state index in [2.05, 4.69) is 21.2 Å². The number of hydrogen-bond acceptors (Lipinski definition) is 4. The third-order valence-electron chi connectivity index (χ3n) is 2.74. The van der Waals surface area contributed by atoms with Gasteiger partial charge in [0.05, 0.1) is 11.9 Å². The Labute approximate surface area is 115 Å². The molecular formula is C12H14BrNO3S. The number of rotatable bonds is 4. The topological polar surface area (TPSA) is 66.4 Å². The summed E-state index contributed by atoms with van der Waals surface area (Å²) in [5.74, 6) is 0.0677. The molecule has 1 aliphatic rings. The summed E-state index contributed by atoms with van der Waals surface area (Å²) < 4.78 is 23.3. The van der Waals surface area contributed by atoms with Gasteiger partial charge in [-0.25, -0.2) is 8.42 Å². The van der Waals surface area contributed by atoms with Crippen LogP contribution in [0.25, 0.3) is 0 Å². The third-order valence-corrected chi connectivity index (χ3v) is 4.63. The smallest absolute Gasteiger partial charge is 0.173 e. The molecule has 2 unspecified atom stereocenters. The first-order chi connectivity index (χ1) is 8.46. The van der Waals surface area contributed by atoms with Crippen molar-refractivity contribution in [3.63, 3.8) is 0 Å². The zero-order chi connectivity index (χ0) is 13.2. The van der Waals surface area contributed by atoms with Crippen molar-refractivity contribution in [1.29, 1.82) is 0 Å². The normalized spacial score (nSPS) is 23.1. The number of benzene rings is 1. The molecular weight excluding hydrogens is 318 g/mol. The predicted molar refractivity (Wildman–Crippen MR) is 73.8 cm³/mol. The van der Waals surface area contributed by atoms with E-state index in [1.165, 1.54) is 5.41 Å². The Balaban J connectivity index is 1.90. The van der Waals surface area contributed by atoms with Crippen molar-refractivity contribution < 1.29 is 13.5 Å². The average molecular weight is 332 g/mol. The highest BCUT2D eigenvalue weighted by Gasteiger charge is 2.21. The maximum Gasteiger partial charge on any atom is 0.173 e. The van der Waals surface area contributed by atoms with Crippen molar-refractivity contribution in [2.24, 2.45) is 0 Å². The van der Waals surface area contributed by atoms with Crippen molar-refractivity contribution in [3.05, 3.63) is 45.8 Å². The lowest BCUT2D eigenvalue weighted by atomic mass is 10.1. The quantitative estimate of drug-likeness (QED) is 0.874. The molecule has 2 rings (SSSR count). The van der Waals surface area contributed by atoms with Gasteiger partial charge in [0.15, 0.2) is 9.84 Å². The summed E-state index contributed by atoms with van der Waals surface area (Å²) in [6.07, 6.45) is 0.961. The Morgan fingerprint density at radius 3 is 2.89 bits per heavy atom. The van der Waals surface area contributed by atoms with Crippen LogP contribution in [0.5, 0.6) is 0 Å². The monoisotopic (exact) mass is 331 g/mol. The molecule has 2 atom stereocenters. The van der Waals surface area contributed by atoms with Crippen LogP contribution in [0.15, 0.2) is 40.2 Å². The maximum atomic E-state index is 11.2. The molecule has 0 aromatic heterocycles. The molecule has 0 amide bonds. The lowest BCUT2D eigenvalue weighted by molar-refractivity contribution is 0.173.